The van der Waals surface area contributed by atoms with E-state index in [0.717, 1.165) is 17.7 Å². The van der Waals surface area contributed by atoms with Gasteiger partial charge in [-0.25, -0.2) is 0 Å². The summed E-state index contributed by atoms with van der Waals surface area (Å²) in [5, 5.41) is 11.0. The molecule has 3 aliphatic rings. The molecular weight excluding hydrogens is 344 g/mol. The Morgan fingerprint density at radius 2 is 2.07 bits per heavy atom. The number of fused-ring (bicyclic) bond motifs is 2. The summed E-state index contributed by atoms with van der Waals surface area (Å²) < 4.78 is 0. The summed E-state index contributed by atoms with van der Waals surface area (Å²) in [5.74, 6) is 0.375. The summed E-state index contributed by atoms with van der Waals surface area (Å²) in [6.07, 6.45) is 10.5. The lowest BCUT2D eigenvalue weighted by Gasteiger charge is -2.27. The number of nitrogens with zero attached hydrogens (tertiary/aromatic N) is 2. The highest BCUT2D eigenvalue weighted by atomic mass is 16.6. The molecule has 6 heteroatoms. The maximum Gasteiger partial charge on any atom is 0.271 e. The Labute approximate surface area is 157 Å². The van der Waals surface area contributed by atoms with Gasteiger partial charge in [0.05, 0.1) is 10.6 Å². The van der Waals surface area contributed by atoms with Gasteiger partial charge in [-0.3, -0.25) is 24.6 Å². The maximum absolute atomic E-state index is 13.3. The Morgan fingerprint density at radius 1 is 1.30 bits per heavy atom. The van der Waals surface area contributed by atoms with Gasteiger partial charge in [0.2, 0.25) is 12.3 Å². The van der Waals surface area contributed by atoms with Crippen molar-refractivity contribution >= 4 is 23.7 Å². The molecule has 0 radical (unpaired) electrons. The van der Waals surface area contributed by atoms with Gasteiger partial charge < -0.3 is 0 Å². The SMILES string of the molecule is CC1C2C=CC(C1C(=O)N(C=O)c1cccc([N+](=O)[O-])c1)C2C1=CCCC1. The summed E-state index contributed by atoms with van der Waals surface area (Å²) in [7, 11) is 0. The number of hydrogen-bond acceptors (Lipinski definition) is 4. The molecular formula is C21H22N2O4. The number of nitro benzene ring substituents is 1. The van der Waals surface area contributed by atoms with Crippen molar-refractivity contribution in [2.24, 2.45) is 29.6 Å². The Kier molecular flexibility index (Phi) is 4.42. The highest BCUT2D eigenvalue weighted by Gasteiger charge is 2.54. The lowest BCUT2D eigenvalue weighted by Crippen LogP contribution is -2.39. The van der Waals surface area contributed by atoms with Crippen LogP contribution >= 0.6 is 0 Å². The van der Waals surface area contributed by atoms with Gasteiger partial charge in [0, 0.05) is 18.1 Å². The number of non-ortho nitro benzene ring substituents is 1. The first kappa shape index (κ1) is 17.6. The molecule has 1 aromatic rings. The molecule has 1 aromatic carbocycles. The van der Waals surface area contributed by atoms with Gasteiger partial charge in [0.1, 0.15) is 0 Å². The Balaban J connectivity index is 1.63. The van der Waals surface area contributed by atoms with Crippen LogP contribution in [0.3, 0.4) is 0 Å². The summed E-state index contributed by atoms with van der Waals surface area (Å²) in [6, 6.07) is 5.68. The highest BCUT2D eigenvalue weighted by Crippen LogP contribution is 2.56. The van der Waals surface area contributed by atoms with Crippen molar-refractivity contribution in [3.8, 4) is 0 Å². The monoisotopic (exact) mass is 366 g/mol. The molecule has 5 unspecified atom stereocenters. The van der Waals surface area contributed by atoms with E-state index in [2.05, 4.69) is 25.2 Å². The predicted octanol–water partition coefficient (Wildman–Crippen LogP) is 3.88. The summed E-state index contributed by atoms with van der Waals surface area (Å²) >= 11 is 0. The average Bonchev–Trinajstić information content (AvgIpc) is 3.37. The standard InChI is InChI=1S/C21H22N2O4/c1-13-17-9-10-18(20(17)14-5-2-3-6-14)19(13)21(25)22(12-24)15-7-4-8-16(11-15)23(26)27/h4-5,7-13,17-20H,2-3,6H2,1H3. The molecule has 2 bridgehead atoms. The van der Waals surface area contributed by atoms with Crippen molar-refractivity contribution in [1.29, 1.82) is 0 Å². The zero-order valence-corrected chi connectivity index (χ0v) is 15.2. The van der Waals surface area contributed by atoms with Crippen LogP contribution in [-0.4, -0.2) is 17.2 Å². The minimum absolute atomic E-state index is 0.1000. The van der Waals surface area contributed by atoms with E-state index < -0.39 is 4.92 Å². The van der Waals surface area contributed by atoms with Gasteiger partial charge in [-0.1, -0.05) is 36.8 Å². The third-order valence-electron chi connectivity index (χ3n) is 6.42. The minimum atomic E-state index is -0.525. The molecule has 140 valence electrons. The summed E-state index contributed by atoms with van der Waals surface area (Å²) in [4.78, 5) is 36.6. The number of nitro groups is 1. The smallest absolute Gasteiger partial charge is 0.271 e. The van der Waals surface area contributed by atoms with Crippen LogP contribution in [0.1, 0.15) is 26.2 Å². The Morgan fingerprint density at radius 3 is 2.74 bits per heavy atom. The van der Waals surface area contributed by atoms with E-state index in [1.54, 1.807) is 6.07 Å². The van der Waals surface area contributed by atoms with Gasteiger partial charge in [-0.2, -0.15) is 0 Å². The Bertz CT molecular complexity index is 859. The molecule has 0 spiro atoms. The van der Waals surface area contributed by atoms with E-state index in [4.69, 9.17) is 0 Å². The molecule has 6 nitrogen and oxygen atoms in total. The number of imide groups is 1. The third kappa shape index (κ3) is 2.80. The number of carbonyl (C=O) groups is 2. The zero-order chi connectivity index (χ0) is 19.1. The second kappa shape index (κ2) is 6.76. The van der Waals surface area contributed by atoms with Crippen molar-refractivity contribution in [2.75, 3.05) is 4.90 Å². The van der Waals surface area contributed by atoms with E-state index in [1.807, 2.05) is 0 Å². The number of allylic oxidation sites excluding steroid dienone is 4. The number of carbonyl (C=O) groups excluding carboxylic acids is 2. The number of rotatable bonds is 5. The van der Waals surface area contributed by atoms with Crippen LogP contribution in [0.15, 0.2) is 48.1 Å². The van der Waals surface area contributed by atoms with E-state index in [9.17, 15) is 19.7 Å². The maximum atomic E-state index is 13.3. The largest absolute Gasteiger partial charge is 0.278 e. The van der Waals surface area contributed by atoms with Crippen LogP contribution in [0, 0.1) is 39.7 Å². The van der Waals surface area contributed by atoms with Gasteiger partial charge in [-0.05, 0) is 49.0 Å². The second-order valence-corrected chi connectivity index (χ2v) is 7.71. The van der Waals surface area contributed by atoms with Crippen LogP contribution < -0.4 is 4.90 Å². The zero-order valence-electron chi connectivity index (χ0n) is 15.2. The number of anilines is 1. The van der Waals surface area contributed by atoms with Crippen LogP contribution in [0.25, 0.3) is 0 Å². The second-order valence-electron chi connectivity index (χ2n) is 7.71. The van der Waals surface area contributed by atoms with Gasteiger partial charge in [0.15, 0.2) is 0 Å². The first-order valence-electron chi connectivity index (χ1n) is 9.43. The van der Waals surface area contributed by atoms with Gasteiger partial charge in [0.25, 0.3) is 5.69 Å². The molecule has 0 aromatic heterocycles. The molecule has 27 heavy (non-hydrogen) atoms. The predicted molar refractivity (Wildman–Crippen MR) is 101 cm³/mol. The van der Waals surface area contributed by atoms with Crippen molar-refractivity contribution < 1.29 is 14.5 Å². The van der Waals surface area contributed by atoms with E-state index in [1.165, 1.54) is 30.2 Å². The molecule has 5 atom stereocenters. The Hall–Kier alpha value is -2.76. The normalized spacial score (nSPS) is 31.0. The molecule has 0 aliphatic heterocycles. The van der Waals surface area contributed by atoms with E-state index >= 15 is 0 Å². The lowest BCUT2D eigenvalue weighted by molar-refractivity contribution is -0.384. The number of amides is 2. The first-order chi connectivity index (χ1) is 13.0. The first-order valence-corrected chi connectivity index (χ1v) is 9.43. The lowest BCUT2D eigenvalue weighted by atomic mass is 9.83. The topological polar surface area (TPSA) is 80.5 Å². The van der Waals surface area contributed by atoms with E-state index in [-0.39, 0.29) is 35.0 Å². The summed E-state index contributed by atoms with van der Waals surface area (Å²) in [6.45, 7) is 2.08. The molecule has 0 N–H and O–H groups in total. The van der Waals surface area contributed by atoms with Crippen molar-refractivity contribution in [3.63, 3.8) is 0 Å². The molecule has 1 fully saturated rings. The molecule has 2 amide bonds. The molecule has 0 heterocycles. The summed E-state index contributed by atoms with van der Waals surface area (Å²) in [5.41, 5.74) is 1.56. The molecule has 4 rings (SSSR count). The minimum Gasteiger partial charge on any atom is -0.278 e. The van der Waals surface area contributed by atoms with Crippen molar-refractivity contribution in [2.45, 2.75) is 26.2 Å². The van der Waals surface area contributed by atoms with Gasteiger partial charge in [-0.15, -0.1) is 0 Å². The number of hydrogen-bond donors (Lipinski definition) is 0. The van der Waals surface area contributed by atoms with Crippen LogP contribution in [0.2, 0.25) is 0 Å². The highest BCUT2D eigenvalue weighted by molar-refractivity contribution is 6.08. The van der Waals surface area contributed by atoms with Crippen LogP contribution in [0.4, 0.5) is 11.4 Å². The fourth-order valence-corrected chi connectivity index (χ4v) is 5.23. The van der Waals surface area contributed by atoms with Crippen LogP contribution in [-0.2, 0) is 9.59 Å². The average molecular weight is 366 g/mol. The number of benzene rings is 1. The van der Waals surface area contributed by atoms with E-state index in [0.29, 0.717) is 18.2 Å². The van der Waals surface area contributed by atoms with Gasteiger partial charge >= 0.3 is 0 Å². The fraction of sp³-hybridized carbons (Fsp3) is 0.429. The quantitative estimate of drug-likeness (QED) is 0.343. The third-order valence-corrected chi connectivity index (χ3v) is 6.42. The molecule has 1 saturated carbocycles. The van der Waals surface area contributed by atoms with Crippen LogP contribution in [0.5, 0.6) is 0 Å². The molecule has 0 saturated heterocycles. The fourth-order valence-electron chi connectivity index (χ4n) is 5.23. The van der Waals surface area contributed by atoms with Crippen molar-refractivity contribution in [1.82, 2.24) is 0 Å². The molecule has 3 aliphatic carbocycles. The van der Waals surface area contributed by atoms with Crippen molar-refractivity contribution in [3.05, 3.63) is 58.2 Å².